The fourth-order valence-electron chi connectivity index (χ4n) is 1.20. The van der Waals surface area contributed by atoms with E-state index in [1.165, 1.54) is 6.42 Å². The molecule has 0 aromatic heterocycles. The minimum absolute atomic E-state index is 0.419. The fourth-order valence-corrected chi connectivity index (χ4v) is 1.35. The number of hydrogen-bond donors (Lipinski definition) is 0. The molecule has 0 aliphatic rings. The van der Waals surface area contributed by atoms with Gasteiger partial charge in [-0.05, 0) is 32.8 Å². The summed E-state index contributed by atoms with van der Waals surface area (Å²) >= 11 is 5.90. The summed E-state index contributed by atoms with van der Waals surface area (Å²) in [6, 6.07) is 0.419. The maximum atomic E-state index is 5.90. The lowest BCUT2D eigenvalue weighted by Gasteiger charge is -2.04. The Kier molecular flexibility index (Phi) is 6.97. The highest BCUT2D eigenvalue weighted by atomic mass is 35.5. The van der Waals surface area contributed by atoms with Gasteiger partial charge in [0, 0.05) is 16.8 Å². The fraction of sp³-hybridized carbons (Fsp3) is 0.727. The van der Waals surface area contributed by atoms with Crippen LogP contribution >= 0.6 is 11.6 Å². The molecule has 0 spiro atoms. The topological polar surface area (TPSA) is 12.4 Å². The quantitative estimate of drug-likeness (QED) is 0.593. The van der Waals surface area contributed by atoms with Gasteiger partial charge >= 0.3 is 0 Å². The van der Waals surface area contributed by atoms with E-state index in [0.717, 1.165) is 23.6 Å². The molecule has 0 amide bonds. The van der Waals surface area contributed by atoms with Gasteiger partial charge in [0.1, 0.15) is 0 Å². The number of rotatable bonds is 5. The van der Waals surface area contributed by atoms with Crippen molar-refractivity contribution < 1.29 is 0 Å². The smallest absolute Gasteiger partial charge is 0.0474 e. The molecule has 0 bridgehead atoms. The van der Waals surface area contributed by atoms with Crippen LogP contribution in [0.2, 0.25) is 0 Å². The van der Waals surface area contributed by atoms with E-state index in [1.54, 1.807) is 0 Å². The van der Waals surface area contributed by atoms with Gasteiger partial charge in [0.05, 0.1) is 0 Å². The third-order valence-corrected chi connectivity index (χ3v) is 2.21. The molecule has 0 radical (unpaired) electrons. The van der Waals surface area contributed by atoms with E-state index in [0.29, 0.717) is 6.04 Å². The average Bonchev–Trinajstić information content (AvgIpc) is 2.04. The zero-order valence-corrected chi connectivity index (χ0v) is 9.86. The summed E-state index contributed by atoms with van der Waals surface area (Å²) in [5, 5.41) is 0.880. The molecule has 0 saturated heterocycles. The van der Waals surface area contributed by atoms with Crippen molar-refractivity contribution in [3.63, 3.8) is 0 Å². The summed E-state index contributed by atoms with van der Waals surface area (Å²) in [6.07, 6.45) is 5.17. The Morgan fingerprint density at radius 1 is 1.46 bits per heavy atom. The first kappa shape index (κ1) is 12.7. The molecule has 0 fully saturated rings. The van der Waals surface area contributed by atoms with Gasteiger partial charge in [-0.3, -0.25) is 4.99 Å². The molecule has 76 valence electrons. The van der Waals surface area contributed by atoms with Crippen molar-refractivity contribution in [2.75, 3.05) is 0 Å². The first-order valence-corrected chi connectivity index (χ1v) is 5.38. The number of aliphatic imine (C=N–C) groups is 1. The number of allylic oxidation sites excluding steroid dienone is 2. The van der Waals surface area contributed by atoms with Crippen molar-refractivity contribution >= 4 is 17.3 Å². The van der Waals surface area contributed by atoms with Crippen LogP contribution in [0.25, 0.3) is 0 Å². The number of halogens is 1. The molecule has 0 aromatic rings. The molecular formula is C11H20ClN. The van der Waals surface area contributed by atoms with E-state index in [2.05, 4.69) is 18.8 Å². The molecule has 0 aromatic carbocycles. The van der Waals surface area contributed by atoms with E-state index in [1.807, 2.05) is 19.9 Å². The Hall–Kier alpha value is -0.300. The highest BCUT2D eigenvalue weighted by Crippen LogP contribution is 2.07. The minimum Gasteiger partial charge on any atom is -0.287 e. The first-order chi connectivity index (χ1) is 6.10. The van der Waals surface area contributed by atoms with Crippen LogP contribution in [0.3, 0.4) is 0 Å². The van der Waals surface area contributed by atoms with E-state index in [9.17, 15) is 0 Å². The Labute approximate surface area is 86.9 Å². The zero-order chi connectivity index (χ0) is 10.3. The second-order valence-electron chi connectivity index (χ2n) is 3.35. The van der Waals surface area contributed by atoms with E-state index in [-0.39, 0.29) is 0 Å². The average molecular weight is 202 g/mol. The molecule has 0 aliphatic heterocycles. The lowest BCUT2D eigenvalue weighted by atomic mass is 10.2. The van der Waals surface area contributed by atoms with Gasteiger partial charge in [-0.1, -0.05) is 31.9 Å². The lowest BCUT2D eigenvalue weighted by Crippen LogP contribution is -2.00. The number of nitrogens with zero attached hydrogens (tertiary/aromatic N) is 1. The molecular weight excluding hydrogens is 182 g/mol. The minimum atomic E-state index is 0.419. The molecule has 13 heavy (non-hydrogen) atoms. The molecule has 2 heteroatoms. The van der Waals surface area contributed by atoms with Crippen LogP contribution in [0.5, 0.6) is 0 Å². The van der Waals surface area contributed by atoms with E-state index < -0.39 is 0 Å². The maximum Gasteiger partial charge on any atom is 0.0474 e. The van der Waals surface area contributed by atoms with Crippen molar-refractivity contribution in [3.8, 4) is 0 Å². The van der Waals surface area contributed by atoms with Crippen LogP contribution in [-0.4, -0.2) is 11.8 Å². The summed E-state index contributed by atoms with van der Waals surface area (Å²) in [7, 11) is 0. The van der Waals surface area contributed by atoms with Gasteiger partial charge in [-0.25, -0.2) is 0 Å². The Balaban J connectivity index is 4.15. The Morgan fingerprint density at radius 3 is 2.54 bits per heavy atom. The molecule has 0 aliphatic carbocycles. The van der Waals surface area contributed by atoms with Gasteiger partial charge in [0.15, 0.2) is 0 Å². The predicted molar refractivity (Wildman–Crippen MR) is 61.7 cm³/mol. The van der Waals surface area contributed by atoms with Crippen molar-refractivity contribution in [2.24, 2.45) is 4.99 Å². The monoisotopic (exact) mass is 201 g/mol. The van der Waals surface area contributed by atoms with Crippen LogP contribution in [0.15, 0.2) is 16.1 Å². The van der Waals surface area contributed by atoms with Crippen LogP contribution in [0.4, 0.5) is 0 Å². The van der Waals surface area contributed by atoms with E-state index >= 15 is 0 Å². The summed E-state index contributed by atoms with van der Waals surface area (Å²) in [5.41, 5.74) is 1.04. The second-order valence-corrected chi connectivity index (χ2v) is 3.84. The highest BCUT2D eigenvalue weighted by Gasteiger charge is 1.97. The number of hydrogen-bond acceptors (Lipinski definition) is 1. The standard InChI is InChI=1S/C11H20ClN/c1-5-7-9(3)13-10(4)8-11(12)6-2/h8-9H,5-7H2,1-4H3/b11-8+,13-10?. The molecule has 1 atom stereocenters. The first-order valence-electron chi connectivity index (χ1n) is 5.00. The molecule has 1 nitrogen and oxygen atoms in total. The molecule has 0 rings (SSSR count). The van der Waals surface area contributed by atoms with Gasteiger partial charge in [-0.15, -0.1) is 0 Å². The third kappa shape index (κ3) is 6.83. The summed E-state index contributed by atoms with van der Waals surface area (Å²) in [5.74, 6) is 0. The van der Waals surface area contributed by atoms with Crippen LogP contribution < -0.4 is 0 Å². The normalized spacial score (nSPS) is 16.1. The van der Waals surface area contributed by atoms with Crippen LogP contribution in [0, 0.1) is 0 Å². The zero-order valence-electron chi connectivity index (χ0n) is 9.10. The highest BCUT2D eigenvalue weighted by molar-refractivity contribution is 6.31. The molecule has 0 saturated carbocycles. The summed E-state index contributed by atoms with van der Waals surface area (Å²) in [4.78, 5) is 4.51. The van der Waals surface area contributed by atoms with Gasteiger partial charge in [0.25, 0.3) is 0 Å². The Morgan fingerprint density at radius 2 is 2.08 bits per heavy atom. The Bertz CT molecular complexity index is 194. The van der Waals surface area contributed by atoms with Gasteiger partial charge in [-0.2, -0.15) is 0 Å². The summed E-state index contributed by atoms with van der Waals surface area (Å²) < 4.78 is 0. The molecule has 1 unspecified atom stereocenters. The van der Waals surface area contributed by atoms with Crippen molar-refractivity contribution in [1.29, 1.82) is 0 Å². The van der Waals surface area contributed by atoms with Crippen LogP contribution in [-0.2, 0) is 0 Å². The summed E-state index contributed by atoms with van der Waals surface area (Å²) in [6.45, 7) is 8.36. The van der Waals surface area contributed by atoms with Crippen LogP contribution in [0.1, 0.15) is 47.0 Å². The van der Waals surface area contributed by atoms with Crippen molar-refractivity contribution in [1.82, 2.24) is 0 Å². The predicted octanol–water partition coefficient (Wildman–Crippen LogP) is 4.17. The maximum absolute atomic E-state index is 5.90. The van der Waals surface area contributed by atoms with Gasteiger partial charge in [0.2, 0.25) is 0 Å². The van der Waals surface area contributed by atoms with Gasteiger partial charge < -0.3 is 0 Å². The molecule has 0 N–H and O–H groups in total. The van der Waals surface area contributed by atoms with Crippen molar-refractivity contribution in [3.05, 3.63) is 11.1 Å². The molecule has 0 heterocycles. The SMILES string of the molecule is CCCC(C)N=C(C)/C=C(/Cl)CC. The second kappa shape index (κ2) is 7.14. The lowest BCUT2D eigenvalue weighted by molar-refractivity contribution is 0.655. The third-order valence-electron chi connectivity index (χ3n) is 1.83. The van der Waals surface area contributed by atoms with Crippen molar-refractivity contribution in [2.45, 2.75) is 53.0 Å². The largest absolute Gasteiger partial charge is 0.287 e. The van der Waals surface area contributed by atoms with E-state index in [4.69, 9.17) is 11.6 Å².